The first-order valence-corrected chi connectivity index (χ1v) is 6.98. The normalized spacial score (nSPS) is 12.4. The molecule has 2 rings (SSSR count). The van der Waals surface area contributed by atoms with Gasteiger partial charge in [-0.1, -0.05) is 15.9 Å². The van der Waals surface area contributed by atoms with Gasteiger partial charge in [-0.15, -0.1) is 0 Å². The second-order valence-corrected chi connectivity index (χ2v) is 5.34. The van der Waals surface area contributed by atoms with Crippen LogP contribution in [0.15, 0.2) is 47.2 Å². The molecular weight excluding hydrogens is 307 g/mol. The molecule has 1 unspecified atom stereocenters. The SMILES string of the molecule is CNC(Cc1ccncc1)Cc1cc(F)ccc1Br. The van der Waals surface area contributed by atoms with Crippen LogP contribution >= 0.6 is 15.9 Å². The van der Waals surface area contributed by atoms with Gasteiger partial charge >= 0.3 is 0 Å². The van der Waals surface area contributed by atoms with Gasteiger partial charge in [0.25, 0.3) is 0 Å². The molecule has 2 aromatic rings. The number of rotatable bonds is 5. The van der Waals surface area contributed by atoms with Gasteiger partial charge in [-0.25, -0.2) is 4.39 Å². The molecule has 1 N–H and O–H groups in total. The van der Waals surface area contributed by atoms with E-state index in [4.69, 9.17) is 0 Å². The van der Waals surface area contributed by atoms with Crippen LogP contribution in [-0.2, 0) is 12.8 Å². The van der Waals surface area contributed by atoms with Crippen LogP contribution < -0.4 is 5.32 Å². The largest absolute Gasteiger partial charge is 0.316 e. The topological polar surface area (TPSA) is 24.9 Å². The molecule has 0 bridgehead atoms. The van der Waals surface area contributed by atoms with E-state index in [1.54, 1.807) is 24.5 Å². The quantitative estimate of drug-likeness (QED) is 0.913. The molecule has 0 aliphatic heterocycles. The van der Waals surface area contributed by atoms with E-state index in [9.17, 15) is 4.39 Å². The Hall–Kier alpha value is -1.26. The maximum atomic E-state index is 13.3. The zero-order valence-corrected chi connectivity index (χ0v) is 12.3. The van der Waals surface area contributed by atoms with E-state index in [0.717, 1.165) is 22.9 Å². The minimum absolute atomic E-state index is 0.197. The fraction of sp³-hybridized carbons (Fsp3) is 0.267. The molecule has 0 amide bonds. The van der Waals surface area contributed by atoms with Gasteiger partial charge in [0.05, 0.1) is 0 Å². The summed E-state index contributed by atoms with van der Waals surface area (Å²) in [6, 6.07) is 9.08. The van der Waals surface area contributed by atoms with Crippen molar-refractivity contribution in [3.63, 3.8) is 0 Å². The summed E-state index contributed by atoms with van der Waals surface area (Å²) in [6.07, 6.45) is 5.25. The number of halogens is 2. The van der Waals surface area contributed by atoms with E-state index < -0.39 is 0 Å². The van der Waals surface area contributed by atoms with Crippen LogP contribution in [0.1, 0.15) is 11.1 Å². The molecule has 100 valence electrons. The van der Waals surface area contributed by atoms with Crippen molar-refractivity contribution in [3.8, 4) is 0 Å². The van der Waals surface area contributed by atoms with E-state index in [-0.39, 0.29) is 11.9 Å². The van der Waals surface area contributed by atoms with Crippen molar-refractivity contribution in [3.05, 3.63) is 64.1 Å². The summed E-state index contributed by atoms with van der Waals surface area (Å²) in [5.74, 6) is -0.197. The van der Waals surface area contributed by atoms with Crippen LogP contribution in [0.25, 0.3) is 0 Å². The lowest BCUT2D eigenvalue weighted by molar-refractivity contribution is 0.551. The Morgan fingerprint density at radius 2 is 1.95 bits per heavy atom. The van der Waals surface area contributed by atoms with Crippen LogP contribution in [0.2, 0.25) is 0 Å². The van der Waals surface area contributed by atoms with Gasteiger partial charge in [0, 0.05) is 22.9 Å². The molecule has 0 spiro atoms. The van der Waals surface area contributed by atoms with Gasteiger partial charge in [-0.2, -0.15) is 0 Å². The zero-order chi connectivity index (χ0) is 13.7. The number of hydrogen-bond donors (Lipinski definition) is 1. The summed E-state index contributed by atoms with van der Waals surface area (Å²) in [5, 5.41) is 3.28. The summed E-state index contributed by atoms with van der Waals surface area (Å²) >= 11 is 3.47. The van der Waals surface area contributed by atoms with Crippen LogP contribution in [0.4, 0.5) is 4.39 Å². The third kappa shape index (κ3) is 4.11. The highest BCUT2D eigenvalue weighted by atomic mass is 79.9. The third-order valence-corrected chi connectivity index (χ3v) is 3.89. The fourth-order valence-electron chi connectivity index (χ4n) is 2.04. The maximum absolute atomic E-state index is 13.3. The molecule has 1 aromatic carbocycles. The van der Waals surface area contributed by atoms with Crippen LogP contribution in [-0.4, -0.2) is 18.1 Å². The number of nitrogens with one attached hydrogen (secondary N) is 1. The molecule has 1 heterocycles. The van der Waals surface area contributed by atoms with Gasteiger partial charge in [-0.05, 0) is 61.3 Å². The average Bonchev–Trinajstić information content (AvgIpc) is 2.43. The highest BCUT2D eigenvalue weighted by molar-refractivity contribution is 9.10. The number of likely N-dealkylation sites (N-methyl/N-ethyl adjacent to an activating group) is 1. The lowest BCUT2D eigenvalue weighted by atomic mass is 10.00. The van der Waals surface area contributed by atoms with E-state index in [1.165, 1.54) is 11.6 Å². The standard InChI is InChI=1S/C15H16BrFN2/c1-18-14(8-11-4-6-19-7-5-11)10-12-9-13(17)2-3-15(12)16/h2-7,9,14,18H,8,10H2,1H3. The van der Waals surface area contributed by atoms with Gasteiger partial charge in [0.1, 0.15) is 5.82 Å². The summed E-state index contributed by atoms with van der Waals surface area (Å²) < 4.78 is 14.2. The Morgan fingerprint density at radius 1 is 1.21 bits per heavy atom. The van der Waals surface area contributed by atoms with Crippen LogP contribution in [0, 0.1) is 5.82 Å². The predicted molar refractivity (Wildman–Crippen MR) is 78.6 cm³/mol. The molecule has 0 saturated heterocycles. The van der Waals surface area contributed by atoms with Crippen molar-refractivity contribution in [2.24, 2.45) is 0 Å². The Kier molecular flexibility index (Phi) is 5.05. The van der Waals surface area contributed by atoms with Crippen molar-refractivity contribution < 1.29 is 4.39 Å². The molecule has 1 aromatic heterocycles. The molecule has 0 radical (unpaired) electrons. The van der Waals surface area contributed by atoms with Crippen molar-refractivity contribution in [1.82, 2.24) is 10.3 Å². The number of benzene rings is 1. The number of pyridine rings is 1. The van der Waals surface area contributed by atoms with Crippen molar-refractivity contribution >= 4 is 15.9 Å². The molecular formula is C15H16BrFN2. The van der Waals surface area contributed by atoms with E-state index in [2.05, 4.69) is 26.2 Å². The molecule has 2 nitrogen and oxygen atoms in total. The lowest BCUT2D eigenvalue weighted by Gasteiger charge is -2.17. The zero-order valence-electron chi connectivity index (χ0n) is 10.7. The smallest absolute Gasteiger partial charge is 0.123 e. The molecule has 0 aliphatic rings. The second-order valence-electron chi connectivity index (χ2n) is 4.49. The van der Waals surface area contributed by atoms with Gasteiger partial charge < -0.3 is 5.32 Å². The van der Waals surface area contributed by atoms with Crippen molar-refractivity contribution in [2.75, 3.05) is 7.05 Å². The highest BCUT2D eigenvalue weighted by Crippen LogP contribution is 2.20. The third-order valence-electron chi connectivity index (χ3n) is 3.11. The van der Waals surface area contributed by atoms with Gasteiger partial charge in [0.2, 0.25) is 0 Å². The van der Waals surface area contributed by atoms with Crippen LogP contribution in [0.5, 0.6) is 0 Å². The fourth-order valence-corrected chi connectivity index (χ4v) is 2.45. The van der Waals surface area contributed by atoms with Crippen LogP contribution in [0.3, 0.4) is 0 Å². The van der Waals surface area contributed by atoms with E-state index in [1.807, 2.05) is 19.2 Å². The maximum Gasteiger partial charge on any atom is 0.123 e. The Morgan fingerprint density at radius 3 is 2.63 bits per heavy atom. The van der Waals surface area contributed by atoms with Crippen molar-refractivity contribution in [1.29, 1.82) is 0 Å². The Bertz CT molecular complexity index is 531. The minimum Gasteiger partial charge on any atom is -0.316 e. The first-order chi connectivity index (χ1) is 9.19. The summed E-state index contributed by atoms with van der Waals surface area (Å²) in [6.45, 7) is 0. The van der Waals surface area contributed by atoms with Crippen molar-refractivity contribution in [2.45, 2.75) is 18.9 Å². The monoisotopic (exact) mass is 322 g/mol. The summed E-state index contributed by atoms with van der Waals surface area (Å²) in [5.41, 5.74) is 2.20. The number of aromatic nitrogens is 1. The highest BCUT2D eigenvalue weighted by Gasteiger charge is 2.11. The first-order valence-electron chi connectivity index (χ1n) is 6.19. The first kappa shape index (κ1) is 14.2. The average molecular weight is 323 g/mol. The molecule has 0 fully saturated rings. The summed E-state index contributed by atoms with van der Waals surface area (Å²) in [7, 11) is 1.93. The molecule has 19 heavy (non-hydrogen) atoms. The van der Waals surface area contributed by atoms with E-state index in [0.29, 0.717) is 0 Å². The number of hydrogen-bond acceptors (Lipinski definition) is 2. The Labute approximate surface area is 121 Å². The lowest BCUT2D eigenvalue weighted by Crippen LogP contribution is -2.30. The predicted octanol–water partition coefficient (Wildman–Crippen LogP) is 3.36. The Balaban J connectivity index is 2.09. The minimum atomic E-state index is -0.197. The molecule has 0 saturated carbocycles. The number of nitrogens with zero attached hydrogens (tertiary/aromatic N) is 1. The molecule has 0 aliphatic carbocycles. The van der Waals surface area contributed by atoms with Gasteiger partial charge in [-0.3, -0.25) is 4.98 Å². The molecule has 4 heteroatoms. The van der Waals surface area contributed by atoms with E-state index >= 15 is 0 Å². The second kappa shape index (κ2) is 6.78. The van der Waals surface area contributed by atoms with Gasteiger partial charge in [0.15, 0.2) is 0 Å². The molecule has 1 atom stereocenters. The summed E-state index contributed by atoms with van der Waals surface area (Å²) in [4.78, 5) is 4.01.